The summed E-state index contributed by atoms with van der Waals surface area (Å²) in [7, 11) is -3.70. The van der Waals surface area contributed by atoms with Gasteiger partial charge in [-0.15, -0.1) is 0 Å². The molecular formula is C19H20Cl2N2O4S. The third-order valence-corrected chi connectivity index (χ3v) is 6.88. The Balaban J connectivity index is 1.69. The molecule has 1 heterocycles. The van der Waals surface area contributed by atoms with Gasteiger partial charge in [0.2, 0.25) is 10.0 Å². The van der Waals surface area contributed by atoms with Crippen molar-refractivity contribution in [3.05, 3.63) is 63.6 Å². The van der Waals surface area contributed by atoms with Gasteiger partial charge in [-0.25, -0.2) is 8.42 Å². The third-order valence-electron chi connectivity index (χ3n) is 4.40. The van der Waals surface area contributed by atoms with Crippen LogP contribution in [-0.4, -0.2) is 51.5 Å². The number of nitrogens with one attached hydrogen (secondary N) is 1. The maximum atomic E-state index is 12.8. The highest BCUT2D eigenvalue weighted by Crippen LogP contribution is 2.23. The maximum absolute atomic E-state index is 12.8. The molecule has 0 spiro atoms. The zero-order valence-corrected chi connectivity index (χ0v) is 17.4. The number of sulfonamides is 1. The summed E-state index contributed by atoms with van der Waals surface area (Å²) in [6.07, 6.45) is 0.617. The Morgan fingerprint density at radius 1 is 1.07 bits per heavy atom. The van der Waals surface area contributed by atoms with Crippen LogP contribution in [0.25, 0.3) is 0 Å². The van der Waals surface area contributed by atoms with Crippen molar-refractivity contribution in [2.45, 2.75) is 11.3 Å². The van der Waals surface area contributed by atoms with Gasteiger partial charge in [-0.3, -0.25) is 4.79 Å². The number of carbonyl (C=O) groups is 1. The smallest absolute Gasteiger partial charge is 0.252 e. The minimum absolute atomic E-state index is 0.0432. The predicted molar refractivity (Wildman–Crippen MR) is 109 cm³/mol. The summed E-state index contributed by atoms with van der Waals surface area (Å²) in [6, 6.07) is 11.5. The first kappa shape index (κ1) is 21.1. The fourth-order valence-electron chi connectivity index (χ4n) is 2.84. The zero-order chi connectivity index (χ0) is 20.1. The average Bonchev–Trinajstić information content (AvgIpc) is 2.70. The largest absolute Gasteiger partial charge is 0.379 e. The molecule has 9 heteroatoms. The molecule has 0 atom stereocenters. The number of halogens is 2. The molecule has 0 bridgehead atoms. The van der Waals surface area contributed by atoms with Crippen LogP contribution in [0.5, 0.6) is 0 Å². The summed E-state index contributed by atoms with van der Waals surface area (Å²) in [5.41, 5.74) is 1.16. The molecule has 6 nitrogen and oxygen atoms in total. The van der Waals surface area contributed by atoms with Crippen molar-refractivity contribution in [1.82, 2.24) is 9.62 Å². The highest BCUT2D eigenvalue weighted by atomic mass is 35.5. The van der Waals surface area contributed by atoms with Gasteiger partial charge in [0.05, 0.1) is 28.7 Å². The topological polar surface area (TPSA) is 75.7 Å². The number of hydrogen-bond donors (Lipinski definition) is 1. The quantitative estimate of drug-likeness (QED) is 0.745. The molecule has 1 fully saturated rings. The van der Waals surface area contributed by atoms with Crippen molar-refractivity contribution in [3.8, 4) is 0 Å². The van der Waals surface area contributed by atoms with Gasteiger partial charge in [-0.2, -0.15) is 4.31 Å². The molecule has 1 N–H and O–H groups in total. The second-order valence-electron chi connectivity index (χ2n) is 6.29. The fraction of sp³-hybridized carbons (Fsp3) is 0.316. The van der Waals surface area contributed by atoms with Gasteiger partial charge in [0.15, 0.2) is 0 Å². The lowest BCUT2D eigenvalue weighted by Gasteiger charge is -2.26. The molecular weight excluding hydrogens is 423 g/mol. The van der Waals surface area contributed by atoms with E-state index in [0.29, 0.717) is 31.2 Å². The van der Waals surface area contributed by atoms with Crippen LogP contribution in [0.2, 0.25) is 10.0 Å². The Kier molecular flexibility index (Phi) is 6.95. The van der Waals surface area contributed by atoms with E-state index in [1.807, 2.05) is 12.1 Å². The SMILES string of the molecule is O=C(NCCc1ccc(Cl)cc1)c1cc(S(=O)(=O)N2CCOCC2)ccc1Cl. The highest BCUT2D eigenvalue weighted by Gasteiger charge is 2.27. The van der Waals surface area contributed by atoms with Gasteiger partial charge in [0, 0.05) is 24.7 Å². The van der Waals surface area contributed by atoms with Gasteiger partial charge < -0.3 is 10.1 Å². The Hall–Kier alpha value is -1.64. The van der Waals surface area contributed by atoms with E-state index in [2.05, 4.69) is 5.32 Å². The van der Waals surface area contributed by atoms with Crippen LogP contribution in [0.15, 0.2) is 47.4 Å². The molecule has 0 unspecified atom stereocenters. The lowest BCUT2D eigenvalue weighted by Crippen LogP contribution is -2.40. The van der Waals surface area contributed by atoms with Crippen molar-refractivity contribution in [1.29, 1.82) is 0 Å². The van der Waals surface area contributed by atoms with E-state index in [4.69, 9.17) is 27.9 Å². The molecule has 0 aromatic heterocycles. The van der Waals surface area contributed by atoms with E-state index < -0.39 is 15.9 Å². The minimum Gasteiger partial charge on any atom is -0.379 e. The molecule has 0 aliphatic carbocycles. The fourth-order valence-corrected chi connectivity index (χ4v) is 4.61. The molecule has 3 rings (SSSR count). The lowest BCUT2D eigenvalue weighted by molar-refractivity contribution is 0.0730. The Labute approximate surface area is 174 Å². The summed E-state index contributed by atoms with van der Waals surface area (Å²) in [6.45, 7) is 1.66. The summed E-state index contributed by atoms with van der Waals surface area (Å²) in [4.78, 5) is 12.6. The van der Waals surface area contributed by atoms with E-state index in [9.17, 15) is 13.2 Å². The Morgan fingerprint density at radius 3 is 2.43 bits per heavy atom. The van der Waals surface area contributed by atoms with Crippen molar-refractivity contribution >= 4 is 39.1 Å². The normalized spacial score (nSPS) is 15.4. The molecule has 2 aromatic carbocycles. The number of benzene rings is 2. The van der Waals surface area contributed by atoms with E-state index in [0.717, 1.165) is 5.56 Å². The van der Waals surface area contributed by atoms with E-state index >= 15 is 0 Å². The molecule has 1 saturated heterocycles. The molecule has 28 heavy (non-hydrogen) atoms. The number of rotatable bonds is 6. The van der Waals surface area contributed by atoms with E-state index in [1.54, 1.807) is 12.1 Å². The van der Waals surface area contributed by atoms with Crippen molar-refractivity contribution in [2.75, 3.05) is 32.8 Å². The van der Waals surface area contributed by atoms with Crippen molar-refractivity contribution in [2.24, 2.45) is 0 Å². The van der Waals surface area contributed by atoms with Gasteiger partial charge in [0.1, 0.15) is 0 Å². The van der Waals surface area contributed by atoms with Crippen LogP contribution < -0.4 is 5.32 Å². The number of morpholine rings is 1. The monoisotopic (exact) mass is 442 g/mol. The maximum Gasteiger partial charge on any atom is 0.252 e. The molecule has 1 aliphatic rings. The Bertz CT molecular complexity index is 943. The van der Waals surface area contributed by atoms with Gasteiger partial charge in [-0.05, 0) is 42.3 Å². The summed E-state index contributed by atoms with van der Waals surface area (Å²) >= 11 is 12.0. The van der Waals surface area contributed by atoms with E-state index in [1.165, 1.54) is 22.5 Å². The van der Waals surface area contributed by atoms with Crippen LogP contribution in [0, 0.1) is 0 Å². The second-order valence-corrected chi connectivity index (χ2v) is 9.07. The number of hydrogen-bond acceptors (Lipinski definition) is 4. The summed E-state index contributed by atoms with van der Waals surface area (Å²) < 4.78 is 32.1. The van der Waals surface area contributed by atoms with Crippen LogP contribution >= 0.6 is 23.2 Å². The van der Waals surface area contributed by atoms with Gasteiger partial charge in [-0.1, -0.05) is 35.3 Å². The van der Waals surface area contributed by atoms with E-state index in [-0.39, 0.29) is 28.6 Å². The van der Waals surface area contributed by atoms with Crippen LogP contribution in [0.4, 0.5) is 0 Å². The summed E-state index contributed by atoms with van der Waals surface area (Å²) in [5.74, 6) is -0.419. The third kappa shape index (κ3) is 5.04. The van der Waals surface area contributed by atoms with Crippen LogP contribution in [0.3, 0.4) is 0 Å². The zero-order valence-electron chi connectivity index (χ0n) is 15.0. The average molecular weight is 443 g/mol. The second kappa shape index (κ2) is 9.24. The van der Waals surface area contributed by atoms with Crippen molar-refractivity contribution in [3.63, 3.8) is 0 Å². The van der Waals surface area contributed by atoms with Crippen LogP contribution in [0.1, 0.15) is 15.9 Å². The molecule has 2 aromatic rings. The number of ether oxygens (including phenoxy) is 1. The highest BCUT2D eigenvalue weighted by molar-refractivity contribution is 7.89. The first-order chi connectivity index (χ1) is 13.4. The Morgan fingerprint density at radius 2 is 1.75 bits per heavy atom. The predicted octanol–water partition coefficient (Wildman–Crippen LogP) is 2.99. The number of nitrogens with zero attached hydrogens (tertiary/aromatic N) is 1. The minimum atomic E-state index is -3.70. The molecule has 0 radical (unpaired) electrons. The molecule has 1 amide bonds. The van der Waals surface area contributed by atoms with Gasteiger partial charge >= 0.3 is 0 Å². The van der Waals surface area contributed by atoms with Crippen molar-refractivity contribution < 1.29 is 17.9 Å². The molecule has 0 saturated carbocycles. The standard InChI is InChI=1S/C19H20Cl2N2O4S/c20-15-3-1-14(2-4-15)7-8-22-19(24)17-13-16(5-6-18(17)21)28(25,26)23-9-11-27-12-10-23/h1-6,13H,7-12H2,(H,22,24). The van der Waals surface area contributed by atoms with Gasteiger partial charge in [0.25, 0.3) is 5.91 Å². The first-order valence-electron chi connectivity index (χ1n) is 8.78. The first-order valence-corrected chi connectivity index (χ1v) is 11.0. The molecule has 1 aliphatic heterocycles. The van der Waals surface area contributed by atoms with Crippen LogP contribution in [-0.2, 0) is 21.2 Å². The number of amides is 1. The molecule has 150 valence electrons. The lowest BCUT2D eigenvalue weighted by atomic mass is 10.1. The summed E-state index contributed by atoms with van der Waals surface area (Å²) in [5, 5.41) is 3.63. The number of carbonyl (C=O) groups excluding carboxylic acids is 1.